The zero-order chi connectivity index (χ0) is 44.9. The van der Waals surface area contributed by atoms with Gasteiger partial charge in [-0.25, -0.2) is 16.8 Å². The van der Waals surface area contributed by atoms with Crippen LogP contribution in [-0.2, 0) is 20.0 Å². The maximum atomic E-state index is 13.2. The summed E-state index contributed by atoms with van der Waals surface area (Å²) in [7, 11) is -4.73. The number of rotatable bonds is 12. The minimum atomic E-state index is -3.85. The van der Waals surface area contributed by atoms with Crippen LogP contribution in [0.3, 0.4) is 0 Å². The van der Waals surface area contributed by atoms with E-state index in [2.05, 4.69) is 69.0 Å². The highest BCUT2D eigenvalue weighted by Crippen LogP contribution is 2.35. The largest absolute Gasteiger partial charge is 0.495 e. The topological polar surface area (TPSA) is 154 Å². The maximum absolute atomic E-state index is 13.2. The van der Waals surface area contributed by atoms with Gasteiger partial charge in [0.25, 0.3) is 20.0 Å². The van der Waals surface area contributed by atoms with E-state index in [1.807, 2.05) is 55.5 Å². The van der Waals surface area contributed by atoms with E-state index in [1.165, 1.54) is 25.8 Å². The Hall–Kier alpha value is -5.52. The molecule has 4 atom stereocenters. The minimum Gasteiger partial charge on any atom is -0.495 e. The fraction of sp³-hybridized carbons (Fsp3) is 0.319. The highest BCUT2D eigenvalue weighted by molar-refractivity contribution is 7.93. The van der Waals surface area contributed by atoms with Gasteiger partial charge in [-0.1, -0.05) is 18.2 Å². The zero-order valence-corrected chi connectivity index (χ0v) is 39.0. The summed E-state index contributed by atoms with van der Waals surface area (Å²) >= 11 is 1.62. The number of ether oxygens (including phenoxy) is 2. The molecule has 334 valence electrons. The molecule has 6 aromatic rings. The van der Waals surface area contributed by atoms with Gasteiger partial charge in [-0.15, -0.1) is 11.3 Å². The van der Waals surface area contributed by atoms with E-state index >= 15 is 0 Å². The van der Waals surface area contributed by atoms with Crippen LogP contribution in [-0.4, -0.2) is 81.4 Å². The van der Waals surface area contributed by atoms with Crippen molar-refractivity contribution in [2.45, 2.75) is 68.6 Å². The van der Waals surface area contributed by atoms with Crippen LogP contribution in [0.15, 0.2) is 129 Å². The molecule has 0 bridgehead atoms. The van der Waals surface area contributed by atoms with Gasteiger partial charge < -0.3 is 34.3 Å². The van der Waals surface area contributed by atoms with Crippen LogP contribution < -0.4 is 39.4 Å². The second-order valence-corrected chi connectivity index (χ2v) is 20.5. The smallest absolute Gasteiger partial charge is 0.265 e. The molecule has 0 radical (unpaired) electrons. The molecule has 16 heteroatoms. The number of thiophene rings is 1. The van der Waals surface area contributed by atoms with Crippen molar-refractivity contribution < 1.29 is 30.7 Å². The van der Waals surface area contributed by atoms with Crippen LogP contribution in [0.1, 0.15) is 33.3 Å². The lowest BCUT2D eigenvalue weighted by Crippen LogP contribution is -2.54. The first-order chi connectivity index (χ1) is 30.1. The molecule has 0 spiro atoms. The van der Waals surface area contributed by atoms with Crippen LogP contribution in [0.25, 0.3) is 21.8 Å². The van der Waals surface area contributed by atoms with Gasteiger partial charge in [-0.2, -0.15) is 0 Å². The van der Waals surface area contributed by atoms with Crippen LogP contribution in [0.5, 0.6) is 11.5 Å². The quantitative estimate of drug-likeness (QED) is 0.0933. The molecular formula is C47H56N6O7S3. The van der Waals surface area contributed by atoms with Crippen LogP contribution in [0, 0.1) is 6.92 Å². The second-order valence-electron chi connectivity index (χ2n) is 16.3. The average molecular weight is 913 g/mol. The van der Waals surface area contributed by atoms with E-state index in [0.717, 1.165) is 53.6 Å². The molecule has 63 heavy (non-hydrogen) atoms. The van der Waals surface area contributed by atoms with Gasteiger partial charge in [0.15, 0.2) is 0 Å². The molecule has 0 amide bonds. The van der Waals surface area contributed by atoms with Crippen molar-refractivity contribution in [1.29, 1.82) is 0 Å². The summed E-state index contributed by atoms with van der Waals surface area (Å²) in [6, 6.07) is 32.3. The molecular weight excluding hydrogens is 857 g/mol. The molecule has 2 aliphatic heterocycles. The van der Waals surface area contributed by atoms with Gasteiger partial charge in [-0.3, -0.25) is 9.44 Å². The Morgan fingerprint density at radius 1 is 0.619 bits per heavy atom. The van der Waals surface area contributed by atoms with E-state index in [4.69, 9.17) is 13.9 Å². The summed E-state index contributed by atoms with van der Waals surface area (Å²) in [5, 5.41) is 9.09. The summed E-state index contributed by atoms with van der Waals surface area (Å²) in [6.45, 7) is 14.1. The molecule has 4 aromatic carbocycles. The number of methoxy groups -OCH3 is 2. The van der Waals surface area contributed by atoms with Gasteiger partial charge in [-0.05, 0) is 136 Å². The number of nitrogens with one attached hydrogen (secondary N) is 4. The third-order valence-electron chi connectivity index (χ3n) is 10.8. The Balaban J connectivity index is 0.000000189. The van der Waals surface area contributed by atoms with Crippen molar-refractivity contribution in [2.75, 3.05) is 59.6 Å². The van der Waals surface area contributed by atoms with E-state index < -0.39 is 20.0 Å². The number of hydrogen-bond acceptors (Lipinski definition) is 12. The number of hydrogen-bond donors (Lipinski definition) is 4. The fourth-order valence-corrected chi connectivity index (χ4v) is 11.4. The van der Waals surface area contributed by atoms with E-state index in [0.29, 0.717) is 47.1 Å². The number of nitrogens with zero attached hydrogens (tertiary/aromatic N) is 2. The number of benzene rings is 4. The SMILES string of the molecule is COc1cc(-c2cc(C)cs2)ccc1S(=O)(=O)Nc1cccc(N2C[C@@H](C)N[C@@H](C)C2)c1.COc1cc(-c2ccco2)ccc1S(=O)(=O)Nc1cccc(N2C[C@@H](C)N[C@@H](C)C2)c1. The molecule has 0 aliphatic carbocycles. The predicted molar refractivity (Wildman–Crippen MR) is 255 cm³/mol. The Labute approximate surface area is 375 Å². The van der Waals surface area contributed by atoms with Crippen molar-refractivity contribution in [3.05, 3.63) is 120 Å². The Bertz CT molecular complexity index is 2700. The summed E-state index contributed by atoms with van der Waals surface area (Å²) in [5.41, 5.74) is 5.87. The van der Waals surface area contributed by atoms with Crippen molar-refractivity contribution in [3.63, 3.8) is 0 Å². The highest BCUT2D eigenvalue weighted by Gasteiger charge is 2.26. The van der Waals surface area contributed by atoms with E-state index in [1.54, 1.807) is 60.1 Å². The summed E-state index contributed by atoms with van der Waals surface area (Å²) in [5.74, 6) is 1.21. The molecule has 4 heterocycles. The third-order valence-corrected chi connectivity index (χ3v) is 14.7. The molecule has 2 saturated heterocycles. The Morgan fingerprint density at radius 3 is 1.52 bits per heavy atom. The van der Waals surface area contributed by atoms with Gasteiger partial charge in [0.1, 0.15) is 27.1 Å². The van der Waals surface area contributed by atoms with E-state index in [9.17, 15) is 16.8 Å². The highest BCUT2D eigenvalue weighted by atomic mass is 32.2. The van der Waals surface area contributed by atoms with Crippen LogP contribution in [0.2, 0.25) is 0 Å². The van der Waals surface area contributed by atoms with Gasteiger partial charge in [0.2, 0.25) is 0 Å². The van der Waals surface area contributed by atoms with Crippen LogP contribution in [0.4, 0.5) is 22.7 Å². The van der Waals surface area contributed by atoms with Crippen molar-refractivity contribution in [1.82, 2.24) is 10.6 Å². The second kappa shape index (κ2) is 19.5. The number of furan rings is 1. The van der Waals surface area contributed by atoms with Crippen LogP contribution >= 0.6 is 11.3 Å². The van der Waals surface area contributed by atoms with Crippen molar-refractivity contribution >= 4 is 54.1 Å². The van der Waals surface area contributed by atoms with Crippen molar-refractivity contribution in [3.8, 4) is 33.3 Å². The molecule has 8 rings (SSSR count). The molecule has 0 unspecified atom stereocenters. The fourth-order valence-electron chi connectivity index (χ4n) is 8.14. The molecule has 0 saturated carbocycles. The van der Waals surface area contributed by atoms with Gasteiger partial charge in [0.05, 0.1) is 31.9 Å². The number of aryl methyl sites for hydroxylation is 1. The maximum Gasteiger partial charge on any atom is 0.265 e. The first-order valence-corrected chi connectivity index (χ1v) is 24.7. The number of piperazine rings is 2. The van der Waals surface area contributed by atoms with E-state index in [-0.39, 0.29) is 15.5 Å². The Kier molecular flexibility index (Phi) is 14.1. The Morgan fingerprint density at radius 2 is 1.10 bits per heavy atom. The molecule has 4 N–H and O–H groups in total. The summed E-state index contributed by atoms with van der Waals surface area (Å²) in [4.78, 5) is 5.81. The monoisotopic (exact) mass is 912 g/mol. The third kappa shape index (κ3) is 11.2. The number of sulfonamides is 2. The molecule has 2 aromatic heterocycles. The van der Waals surface area contributed by atoms with Crippen molar-refractivity contribution in [2.24, 2.45) is 0 Å². The van der Waals surface area contributed by atoms with Gasteiger partial charge >= 0.3 is 0 Å². The minimum absolute atomic E-state index is 0.0696. The first kappa shape index (κ1) is 45.5. The molecule has 13 nitrogen and oxygen atoms in total. The molecule has 2 aliphatic rings. The lowest BCUT2D eigenvalue weighted by atomic mass is 10.1. The first-order valence-electron chi connectivity index (χ1n) is 20.8. The lowest BCUT2D eigenvalue weighted by Gasteiger charge is -2.37. The summed E-state index contributed by atoms with van der Waals surface area (Å²) in [6.07, 6.45) is 1.57. The predicted octanol–water partition coefficient (Wildman–Crippen LogP) is 8.66. The summed E-state index contributed by atoms with van der Waals surface area (Å²) < 4.78 is 74.3. The standard InChI is InChI=1S/C24H29N3O3S2.C23H27N3O4S/c1-16-10-23(31-15-16)19-8-9-24(22(11-19)30-4)32(28,29)26-20-6-5-7-21(12-20)27-13-17(2)25-18(3)14-27;1-16-14-26(15-17(2)24-16)20-7-4-6-19(13-20)25-31(27,28)23-10-9-18(12-22(23)29-3)21-8-5-11-30-21/h5-12,15,17-18,25-26H,13-14H2,1-4H3;4-13,16-17,24-25H,14-15H2,1-3H3/t17-,18+;16-,17+. The number of anilines is 4. The normalized spacial score (nSPS) is 19.2. The zero-order valence-electron chi connectivity index (χ0n) is 36.6. The lowest BCUT2D eigenvalue weighted by molar-refractivity contribution is 0.402. The average Bonchev–Trinajstić information content (AvgIpc) is 3.95. The van der Waals surface area contributed by atoms with Gasteiger partial charge in [0, 0.05) is 72.2 Å². The molecule has 2 fully saturated rings.